The van der Waals surface area contributed by atoms with E-state index in [1.165, 1.54) is 16.4 Å². The largest absolute Gasteiger partial charge is 0.244 e. The Hall–Kier alpha value is -1.03. The van der Waals surface area contributed by atoms with Crippen LogP contribution < -0.4 is 0 Å². The molecule has 98 valence electrons. The SMILES string of the molecule is CSCC(C)N(C)S(=O)(=O)c1ccccc1C#N. The molecule has 0 aliphatic heterocycles. The van der Waals surface area contributed by atoms with E-state index in [2.05, 4.69) is 0 Å². The molecule has 0 fully saturated rings. The second kappa shape index (κ2) is 6.23. The van der Waals surface area contributed by atoms with E-state index in [1.807, 2.05) is 19.2 Å². The molecule has 1 aromatic rings. The topological polar surface area (TPSA) is 61.2 Å². The van der Waals surface area contributed by atoms with Crippen LogP contribution in [0, 0.1) is 11.3 Å². The summed E-state index contributed by atoms with van der Waals surface area (Å²) in [5, 5.41) is 8.97. The smallest absolute Gasteiger partial charge is 0.207 e. The first kappa shape index (κ1) is 15.0. The van der Waals surface area contributed by atoms with Crippen molar-refractivity contribution in [3.8, 4) is 6.07 Å². The van der Waals surface area contributed by atoms with Gasteiger partial charge in [0, 0.05) is 18.8 Å². The van der Waals surface area contributed by atoms with E-state index in [-0.39, 0.29) is 16.5 Å². The molecule has 1 atom stereocenters. The Morgan fingerprint density at radius 3 is 2.61 bits per heavy atom. The second-order valence-electron chi connectivity index (χ2n) is 3.93. The highest BCUT2D eigenvalue weighted by atomic mass is 32.2. The van der Waals surface area contributed by atoms with Crippen molar-refractivity contribution in [1.82, 2.24) is 4.31 Å². The van der Waals surface area contributed by atoms with Crippen molar-refractivity contribution in [1.29, 1.82) is 5.26 Å². The molecule has 6 heteroatoms. The summed E-state index contributed by atoms with van der Waals surface area (Å²) in [5.74, 6) is 0.713. The molecule has 1 rings (SSSR count). The van der Waals surface area contributed by atoms with Gasteiger partial charge in [-0.1, -0.05) is 12.1 Å². The van der Waals surface area contributed by atoms with Crippen molar-refractivity contribution < 1.29 is 8.42 Å². The molecule has 0 radical (unpaired) electrons. The minimum Gasteiger partial charge on any atom is -0.207 e. The summed E-state index contributed by atoms with van der Waals surface area (Å²) in [6, 6.07) is 8.07. The van der Waals surface area contributed by atoms with E-state index in [1.54, 1.807) is 30.9 Å². The first-order valence-corrected chi connectivity index (χ1v) is 8.24. The van der Waals surface area contributed by atoms with E-state index in [0.29, 0.717) is 5.75 Å². The van der Waals surface area contributed by atoms with Gasteiger partial charge >= 0.3 is 0 Å². The first-order valence-electron chi connectivity index (χ1n) is 5.41. The fraction of sp³-hybridized carbons (Fsp3) is 0.417. The monoisotopic (exact) mass is 284 g/mol. The molecule has 0 aliphatic rings. The lowest BCUT2D eigenvalue weighted by molar-refractivity contribution is 0.415. The van der Waals surface area contributed by atoms with Crippen molar-refractivity contribution in [2.45, 2.75) is 17.9 Å². The maximum atomic E-state index is 12.4. The normalized spacial score (nSPS) is 13.3. The number of thioether (sulfide) groups is 1. The predicted molar refractivity (Wildman–Crippen MR) is 73.9 cm³/mol. The van der Waals surface area contributed by atoms with Gasteiger partial charge in [0.1, 0.15) is 6.07 Å². The predicted octanol–water partition coefficient (Wildman–Crippen LogP) is 1.93. The van der Waals surface area contributed by atoms with E-state index in [0.717, 1.165) is 0 Å². The molecule has 0 N–H and O–H groups in total. The van der Waals surface area contributed by atoms with Crippen molar-refractivity contribution in [2.24, 2.45) is 0 Å². The molecular formula is C12H16N2O2S2. The number of hydrogen-bond donors (Lipinski definition) is 0. The second-order valence-corrected chi connectivity index (χ2v) is 6.81. The van der Waals surface area contributed by atoms with Crippen LogP contribution >= 0.6 is 11.8 Å². The van der Waals surface area contributed by atoms with Gasteiger partial charge in [-0.15, -0.1) is 0 Å². The highest BCUT2D eigenvalue weighted by molar-refractivity contribution is 7.98. The maximum absolute atomic E-state index is 12.4. The Morgan fingerprint density at radius 1 is 1.44 bits per heavy atom. The Balaban J connectivity index is 3.18. The minimum absolute atomic E-state index is 0.0722. The third-order valence-corrected chi connectivity index (χ3v) is 5.54. The summed E-state index contributed by atoms with van der Waals surface area (Å²) in [4.78, 5) is 0.0722. The van der Waals surface area contributed by atoms with Crippen LogP contribution in [0.15, 0.2) is 29.2 Å². The third kappa shape index (κ3) is 3.05. The van der Waals surface area contributed by atoms with Gasteiger partial charge in [0.25, 0.3) is 0 Å². The van der Waals surface area contributed by atoms with Gasteiger partial charge in [0.15, 0.2) is 0 Å². The van der Waals surface area contributed by atoms with Gasteiger partial charge in [-0.25, -0.2) is 8.42 Å². The molecule has 0 amide bonds. The van der Waals surface area contributed by atoms with Gasteiger partial charge in [-0.05, 0) is 25.3 Å². The van der Waals surface area contributed by atoms with E-state index >= 15 is 0 Å². The van der Waals surface area contributed by atoms with Gasteiger partial charge in [0.05, 0.1) is 10.5 Å². The highest BCUT2D eigenvalue weighted by Crippen LogP contribution is 2.21. The molecule has 1 unspecified atom stereocenters. The van der Waals surface area contributed by atoms with Gasteiger partial charge in [0.2, 0.25) is 10.0 Å². The van der Waals surface area contributed by atoms with Crippen LogP contribution in [0.1, 0.15) is 12.5 Å². The summed E-state index contributed by atoms with van der Waals surface area (Å²) in [5.41, 5.74) is 0.181. The average Bonchev–Trinajstić information content (AvgIpc) is 2.38. The van der Waals surface area contributed by atoms with Crippen molar-refractivity contribution in [2.75, 3.05) is 19.1 Å². The van der Waals surface area contributed by atoms with E-state index < -0.39 is 10.0 Å². The lowest BCUT2D eigenvalue weighted by Crippen LogP contribution is -2.36. The van der Waals surface area contributed by atoms with Crippen molar-refractivity contribution in [3.05, 3.63) is 29.8 Å². The molecule has 18 heavy (non-hydrogen) atoms. The zero-order valence-corrected chi connectivity index (χ0v) is 12.3. The van der Waals surface area contributed by atoms with Crippen LogP contribution in [0.4, 0.5) is 0 Å². The number of hydrogen-bond acceptors (Lipinski definition) is 4. The third-order valence-electron chi connectivity index (χ3n) is 2.69. The standard InChI is InChI=1S/C12H16N2O2S2/c1-10(9-17-3)14(2)18(15,16)12-7-5-4-6-11(12)8-13/h4-7,10H,9H2,1-3H3. The molecule has 0 aromatic heterocycles. The Labute approximate surface area is 113 Å². The lowest BCUT2D eigenvalue weighted by Gasteiger charge is -2.24. The summed E-state index contributed by atoms with van der Waals surface area (Å²) in [7, 11) is -2.06. The van der Waals surface area contributed by atoms with Gasteiger partial charge in [-0.2, -0.15) is 21.3 Å². The van der Waals surface area contributed by atoms with Crippen LogP contribution in [0.5, 0.6) is 0 Å². The average molecular weight is 284 g/mol. The fourth-order valence-electron chi connectivity index (χ4n) is 1.52. The number of benzene rings is 1. The van der Waals surface area contributed by atoms with E-state index in [4.69, 9.17) is 5.26 Å². The molecular weight excluding hydrogens is 268 g/mol. The van der Waals surface area contributed by atoms with Crippen LogP contribution in [0.2, 0.25) is 0 Å². The number of rotatable bonds is 5. The van der Waals surface area contributed by atoms with Crippen molar-refractivity contribution in [3.63, 3.8) is 0 Å². The zero-order chi connectivity index (χ0) is 13.8. The molecule has 1 aromatic carbocycles. The van der Waals surface area contributed by atoms with Crippen LogP contribution in [-0.4, -0.2) is 37.8 Å². The Kier molecular flexibility index (Phi) is 5.20. The quantitative estimate of drug-likeness (QED) is 0.829. The molecule has 0 spiro atoms. The fourth-order valence-corrected chi connectivity index (χ4v) is 3.82. The van der Waals surface area contributed by atoms with Gasteiger partial charge in [-0.3, -0.25) is 0 Å². The first-order chi connectivity index (χ1) is 8.45. The molecule has 0 aliphatic carbocycles. The minimum atomic E-state index is -3.61. The Bertz CT molecular complexity index is 549. The zero-order valence-electron chi connectivity index (χ0n) is 10.6. The van der Waals surface area contributed by atoms with Crippen LogP contribution in [0.25, 0.3) is 0 Å². The van der Waals surface area contributed by atoms with Crippen LogP contribution in [0.3, 0.4) is 0 Å². The summed E-state index contributed by atoms with van der Waals surface area (Å²) in [6.07, 6.45) is 1.93. The molecule has 0 heterocycles. The van der Waals surface area contributed by atoms with Crippen LogP contribution in [-0.2, 0) is 10.0 Å². The Morgan fingerprint density at radius 2 is 2.06 bits per heavy atom. The summed E-state index contributed by atoms with van der Waals surface area (Å²) >= 11 is 1.59. The molecule has 0 bridgehead atoms. The lowest BCUT2D eigenvalue weighted by atomic mass is 10.2. The summed E-state index contributed by atoms with van der Waals surface area (Å²) in [6.45, 7) is 1.85. The van der Waals surface area contributed by atoms with Gasteiger partial charge < -0.3 is 0 Å². The number of nitrogens with zero attached hydrogens (tertiary/aromatic N) is 2. The van der Waals surface area contributed by atoms with Crippen molar-refractivity contribution >= 4 is 21.8 Å². The molecule has 4 nitrogen and oxygen atoms in total. The van der Waals surface area contributed by atoms with E-state index in [9.17, 15) is 8.42 Å². The maximum Gasteiger partial charge on any atom is 0.244 e. The highest BCUT2D eigenvalue weighted by Gasteiger charge is 2.27. The number of nitriles is 1. The molecule has 0 saturated carbocycles. The molecule has 0 saturated heterocycles. The number of sulfonamides is 1. The summed E-state index contributed by atoms with van der Waals surface area (Å²) < 4.78 is 26.1.